The second-order valence-corrected chi connectivity index (χ2v) is 6.16. The molecule has 0 spiro atoms. The Hall–Kier alpha value is -3.60. The Morgan fingerprint density at radius 1 is 1.15 bits per heavy atom. The lowest BCUT2D eigenvalue weighted by molar-refractivity contribution is 0.328. The Balaban J connectivity index is 1.61. The SMILES string of the molecule is N#Cc1ccc2c(c1)nnn2-c1nc2n(n1)[C@H](c1ccccc1)C[C@@H]2F. The molecule has 2 aromatic carbocycles. The van der Waals surface area contributed by atoms with Crippen molar-refractivity contribution in [2.24, 2.45) is 0 Å². The Bertz CT molecular complexity index is 1160. The van der Waals surface area contributed by atoms with Crippen molar-refractivity contribution in [2.45, 2.75) is 18.6 Å². The van der Waals surface area contributed by atoms with Gasteiger partial charge in [0.05, 0.1) is 23.2 Å². The van der Waals surface area contributed by atoms with Crippen molar-refractivity contribution in [1.29, 1.82) is 5.26 Å². The van der Waals surface area contributed by atoms with E-state index >= 15 is 0 Å². The van der Waals surface area contributed by atoms with Crippen LogP contribution in [0.15, 0.2) is 48.5 Å². The average Bonchev–Trinajstić information content (AvgIpc) is 3.36. The fourth-order valence-corrected chi connectivity index (χ4v) is 3.35. The third-order valence-corrected chi connectivity index (χ3v) is 4.60. The van der Waals surface area contributed by atoms with E-state index in [-0.39, 0.29) is 12.0 Å². The van der Waals surface area contributed by atoms with Gasteiger partial charge in [-0.1, -0.05) is 35.5 Å². The molecule has 0 saturated carbocycles. The molecular formula is C18H12FN7. The van der Waals surface area contributed by atoms with Gasteiger partial charge in [-0.2, -0.15) is 14.9 Å². The zero-order valence-corrected chi connectivity index (χ0v) is 13.5. The molecule has 0 bridgehead atoms. The van der Waals surface area contributed by atoms with Crippen LogP contribution in [0.5, 0.6) is 0 Å². The maximum absolute atomic E-state index is 14.5. The molecule has 8 heteroatoms. The predicted octanol–water partition coefficient (Wildman–Crippen LogP) is 2.89. The highest BCUT2D eigenvalue weighted by molar-refractivity contribution is 5.77. The number of aromatic nitrogens is 6. The molecule has 0 radical (unpaired) electrons. The van der Waals surface area contributed by atoms with Crippen LogP contribution >= 0.6 is 0 Å². The maximum Gasteiger partial charge on any atom is 0.271 e. The molecular weight excluding hydrogens is 333 g/mol. The third kappa shape index (κ3) is 2.10. The van der Waals surface area contributed by atoms with E-state index in [4.69, 9.17) is 5.26 Å². The standard InChI is InChI=1S/C18H12FN7/c19-13-9-16(12-4-2-1-3-5-12)25-17(13)21-18(23-25)26-15-7-6-11(10-20)8-14(15)22-24-26/h1-8,13,16H,9H2/t13-,16-/m0/s1. The van der Waals surface area contributed by atoms with Crippen LogP contribution in [-0.2, 0) is 0 Å². The molecule has 0 N–H and O–H groups in total. The zero-order chi connectivity index (χ0) is 17.7. The van der Waals surface area contributed by atoms with E-state index in [1.165, 1.54) is 4.68 Å². The van der Waals surface area contributed by atoms with E-state index in [9.17, 15) is 4.39 Å². The summed E-state index contributed by atoms with van der Waals surface area (Å²) in [5.41, 5.74) is 2.72. The van der Waals surface area contributed by atoms with Crippen LogP contribution in [0.4, 0.5) is 4.39 Å². The first-order chi connectivity index (χ1) is 12.7. The van der Waals surface area contributed by atoms with Crippen LogP contribution in [0.2, 0.25) is 0 Å². The van der Waals surface area contributed by atoms with Gasteiger partial charge >= 0.3 is 0 Å². The van der Waals surface area contributed by atoms with Crippen LogP contribution in [0.25, 0.3) is 17.0 Å². The summed E-state index contributed by atoms with van der Waals surface area (Å²) in [7, 11) is 0. The van der Waals surface area contributed by atoms with Crippen molar-refractivity contribution >= 4 is 11.0 Å². The number of benzene rings is 2. The molecule has 126 valence electrons. The van der Waals surface area contributed by atoms with E-state index in [1.54, 1.807) is 22.9 Å². The quantitative estimate of drug-likeness (QED) is 0.558. The summed E-state index contributed by atoms with van der Waals surface area (Å²) < 4.78 is 17.6. The molecule has 0 fully saturated rings. The van der Waals surface area contributed by atoms with Gasteiger partial charge in [-0.25, -0.2) is 9.07 Å². The smallest absolute Gasteiger partial charge is 0.239 e. The molecule has 7 nitrogen and oxygen atoms in total. The number of hydrogen-bond acceptors (Lipinski definition) is 5. The Kier molecular flexibility index (Phi) is 3.09. The Labute approximate surface area is 147 Å². The van der Waals surface area contributed by atoms with Gasteiger partial charge in [-0.3, -0.25) is 0 Å². The molecule has 4 aromatic rings. The number of nitriles is 1. The van der Waals surface area contributed by atoms with Gasteiger partial charge in [-0.05, 0) is 23.8 Å². The first-order valence-electron chi connectivity index (χ1n) is 8.16. The summed E-state index contributed by atoms with van der Waals surface area (Å²) in [4.78, 5) is 4.36. The predicted molar refractivity (Wildman–Crippen MR) is 90.2 cm³/mol. The van der Waals surface area contributed by atoms with Crippen LogP contribution in [0.3, 0.4) is 0 Å². The van der Waals surface area contributed by atoms with E-state index in [0.717, 1.165) is 5.56 Å². The largest absolute Gasteiger partial charge is 0.271 e. The van der Waals surface area contributed by atoms with Crippen LogP contribution in [0, 0.1) is 11.3 Å². The van der Waals surface area contributed by atoms with Gasteiger partial charge in [0.15, 0.2) is 12.0 Å². The topological polar surface area (TPSA) is 85.2 Å². The molecule has 2 aromatic heterocycles. The van der Waals surface area contributed by atoms with E-state index in [2.05, 4.69) is 26.5 Å². The minimum Gasteiger partial charge on any atom is -0.239 e. The van der Waals surface area contributed by atoms with Crippen LogP contribution < -0.4 is 0 Å². The van der Waals surface area contributed by atoms with Crippen molar-refractivity contribution in [3.05, 3.63) is 65.5 Å². The van der Waals surface area contributed by atoms with Crippen molar-refractivity contribution in [1.82, 2.24) is 29.8 Å². The molecule has 2 atom stereocenters. The van der Waals surface area contributed by atoms with Crippen molar-refractivity contribution in [2.75, 3.05) is 0 Å². The number of alkyl halides is 1. The fourth-order valence-electron chi connectivity index (χ4n) is 3.35. The molecule has 26 heavy (non-hydrogen) atoms. The van der Waals surface area contributed by atoms with Crippen LogP contribution in [-0.4, -0.2) is 29.8 Å². The highest BCUT2D eigenvalue weighted by Gasteiger charge is 2.35. The molecule has 5 rings (SSSR count). The molecule has 0 amide bonds. The number of nitrogens with zero attached hydrogens (tertiary/aromatic N) is 7. The monoisotopic (exact) mass is 345 g/mol. The summed E-state index contributed by atoms with van der Waals surface area (Å²) in [6.07, 6.45) is -0.857. The number of hydrogen-bond donors (Lipinski definition) is 0. The highest BCUT2D eigenvalue weighted by atomic mass is 19.1. The van der Waals surface area contributed by atoms with Crippen molar-refractivity contribution < 1.29 is 4.39 Å². The molecule has 1 aliphatic heterocycles. The van der Waals surface area contributed by atoms with E-state index in [1.807, 2.05) is 30.3 Å². The normalized spacial score (nSPS) is 18.8. The highest BCUT2D eigenvalue weighted by Crippen LogP contribution is 2.39. The summed E-state index contributed by atoms with van der Waals surface area (Å²) in [5.74, 6) is 0.571. The molecule has 3 heterocycles. The van der Waals surface area contributed by atoms with Crippen LogP contribution in [0.1, 0.15) is 35.6 Å². The van der Waals surface area contributed by atoms with Crippen molar-refractivity contribution in [3.8, 4) is 12.0 Å². The maximum atomic E-state index is 14.5. The minimum atomic E-state index is -1.18. The van der Waals surface area contributed by atoms with Gasteiger partial charge in [0, 0.05) is 6.42 Å². The summed E-state index contributed by atoms with van der Waals surface area (Å²) >= 11 is 0. The molecule has 0 aliphatic carbocycles. The van der Waals surface area contributed by atoms with Gasteiger partial charge in [0.1, 0.15) is 5.52 Å². The number of halogens is 1. The zero-order valence-electron chi connectivity index (χ0n) is 13.5. The Morgan fingerprint density at radius 2 is 2.00 bits per heavy atom. The first-order valence-corrected chi connectivity index (χ1v) is 8.16. The van der Waals surface area contributed by atoms with Gasteiger partial charge in [-0.15, -0.1) is 10.2 Å². The summed E-state index contributed by atoms with van der Waals surface area (Å²) in [6.45, 7) is 0. The average molecular weight is 345 g/mol. The lowest BCUT2D eigenvalue weighted by Crippen LogP contribution is -2.08. The van der Waals surface area contributed by atoms with E-state index < -0.39 is 6.17 Å². The summed E-state index contributed by atoms with van der Waals surface area (Å²) in [6, 6.07) is 16.6. The second kappa shape index (κ2) is 5.46. The van der Waals surface area contributed by atoms with Crippen molar-refractivity contribution in [3.63, 3.8) is 0 Å². The Morgan fingerprint density at radius 3 is 2.81 bits per heavy atom. The first kappa shape index (κ1) is 14.7. The van der Waals surface area contributed by atoms with E-state index in [0.29, 0.717) is 28.8 Å². The molecule has 1 aliphatic rings. The van der Waals surface area contributed by atoms with Gasteiger partial charge < -0.3 is 0 Å². The number of rotatable bonds is 2. The lowest BCUT2D eigenvalue weighted by Gasteiger charge is -2.11. The van der Waals surface area contributed by atoms with Gasteiger partial charge in [0.2, 0.25) is 0 Å². The number of fused-ring (bicyclic) bond motifs is 2. The minimum absolute atomic E-state index is 0.192. The second-order valence-electron chi connectivity index (χ2n) is 6.16. The lowest BCUT2D eigenvalue weighted by atomic mass is 10.0. The summed E-state index contributed by atoms with van der Waals surface area (Å²) in [5, 5.41) is 21.6. The molecule has 0 unspecified atom stereocenters. The molecule has 0 saturated heterocycles. The van der Waals surface area contributed by atoms with Gasteiger partial charge in [0.25, 0.3) is 5.95 Å². The fraction of sp³-hybridized carbons (Fsp3) is 0.167. The third-order valence-electron chi connectivity index (χ3n) is 4.60.